The number of hydrogen-bond donors (Lipinski definition) is 1. The highest BCUT2D eigenvalue weighted by Gasteiger charge is 2.37. The van der Waals surface area contributed by atoms with Crippen molar-refractivity contribution < 1.29 is 18.3 Å². The Hall–Kier alpha value is -1.41. The van der Waals surface area contributed by atoms with Crippen molar-refractivity contribution in [3.63, 3.8) is 0 Å². The molecule has 0 saturated carbocycles. The maximum atomic E-state index is 12.6. The summed E-state index contributed by atoms with van der Waals surface area (Å²) in [6.45, 7) is 8.54. The lowest BCUT2D eigenvalue weighted by Crippen LogP contribution is -2.48. The monoisotopic (exact) mass is 303 g/mol. The van der Waals surface area contributed by atoms with Gasteiger partial charge in [-0.15, -0.1) is 0 Å². The number of carboxylic acids is 1. The summed E-state index contributed by atoms with van der Waals surface area (Å²) in [7, 11) is -3.95. The van der Waals surface area contributed by atoms with Gasteiger partial charge in [0.15, 0.2) is 5.03 Å². The Kier molecular flexibility index (Phi) is 4.60. The van der Waals surface area contributed by atoms with Gasteiger partial charge in [0.05, 0.1) is 0 Å². The zero-order valence-electron chi connectivity index (χ0n) is 12.4. The van der Waals surface area contributed by atoms with Crippen LogP contribution in [0.4, 0.5) is 0 Å². The highest BCUT2D eigenvalue weighted by Crippen LogP contribution is 2.23. The maximum Gasteiger partial charge on any atom is 0.318 e. The van der Waals surface area contributed by atoms with Crippen LogP contribution in [0.25, 0.3) is 0 Å². The molecule has 0 amide bonds. The van der Waals surface area contributed by atoms with Crippen LogP contribution >= 0.6 is 0 Å². The van der Waals surface area contributed by atoms with Crippen molar-refractivity contribution in [2.45, 2.75) is 51.7 Å². The SMILES string of the molecule is CCn1cc(S(=O)(=O)N(CC(=O)O)C(C)(C)C)nc1C. The predicted molar refractivity (Wildman–Crippen MR) is 73.9 cm³/mol. The minimum atomic E-state index is -3.95. The molecule has 1 rings (SSSR count). The van der Waals surface area contributed by atoms with Crippen LogP contribution in [0.1, 0.15) is 33.5 Å². The second kappa shape index (κ2) is 5.53. The molecule has 1 N–H and O–H groups in total. The van der Waals surface area contributed by atoms with Crippen LogP contribution in [0, 0.1) is 6.92 Å². The minimum Gasteiger partial charge on any atom is -0.480 e. The summed E-state index contributed by atoms with van der Waals surface area (Å²) in [6.07, 6.45) is 1.44. The zero-order chi connectivity index (χ0) is 15.7. The molecular weight excluding hydrogens is 282 g/mol. The van der Waals surface area contributed by atoms with E-state index in [0.717, 1.165) is 4.31 Å². The van der Waals surface area contributed by atoms with Crippen molar-refractivity contribution in [2.24, 2.45) is 0 Å². The first-order valence-electron chi connectivity index (χ1n) is 6.28. The molecule has 0 saturated heterocycles. The Morgan fingerprint density at radius 3 is 2.35 bits per heavy atom. The fourth-order valence-electron chi connectivity index (χ4n) is 1.84. The van der Waals surface area contributed by atoms with Gasteiger partial charge in [-0.2, -0.15) is 4.31 Å². The summed E-state index contributed by atoms with van der Waals surface area (Å²) in [4.78, 5) is 15.0. The van der Waals surface area contributed by atoms with Gasteiger partial charge >= 0.3 is 5.97 Å². The predicted octanol–water partition coefficient (Wildman–Crippen LogP) is 1.09. The van der Waals surface area contributed by atoms with E-state index in [1.165, 1.54) is 6.20 Å². The molecule has 1 aromatic heterocycles. The first-order valence-corrected chi connectivity index (χ1v) is 7.72. The Morgan fingerprint density at radius 2 is 2.00 bits per heavy atom. The van der Waals surface area contributed by atoms with Gasteiger partial charge in [-0.1, -0.05) is 0 Å². The number of carboxylic acid groups (broad SMARTS) is 1. The molecule has 0 unspecified atom stereocenters. The molecule has 0 spiro atoms. The first kappa shape index (κ1) is 16.6. The normalized spacial score (nSPS) is 12.9. The highest BCUT2D eigenvalue weighted by atomic mass is 32.2. The number of aliphatic carboxylic acids is 1. The molecule has 0 radical (unpaired) electrons. The largest absolute Gasteiger partial charge is 0.480 e. The van der Waals surface area contributed by atoms with E-state index in [2.05, 4.69) is 4.98 Å². The van der Waals surface area contributed by atoms with Crippen molar-refractivity contribution in [1.82, 2.24) is 13.9 Å². The molecule has 8 heteroatoms. The van der Waals surface area contributed by atoms with Gasteiger partial charge in [-0.3, -0.25) is 4.79 Å². The van der Waals surface area contributed by atoms with Gasteiger partial charge < -0.3 is 9.67 Å². The summed E-state index contributed by atoms with van der Waals surface area (Å²) >= 11 is 0. The molecule has 0 atom stereocenters. The summed E-state index contributed by atoms with van der Waals surface area (Å²) in [6, 6.07) is 0. The van der Waals surface area contributed by atoms with Crippen LogP contribution < -0.4 is 0 Å². The fraction of sp³-hybridized carbons (Fsp3) is 0.667. The van der Waals surface area contributed by atoms with Crippen LogP contribution in [0.2, 0.25) is 0 Å². The third-order valence-electron chi connectivity index (χ3n) is 2.88. The molecule has 0 aliphatic carbocycles. The van der Waals surface area contributed by atoms with Crippen molar-refractivity contribution in [2.75, 3.05) is 6.54 Å². The van der Waals surface area contributed by atoms with E-state index < -0.39 is 28.1 Å². The number of sulfonamides is 1. The third-order valence-corrected chi connectivity index (χ3v) is 4.86. The topological polar surface area (TPSA) is 92.5 Å². The van der Waals surface area contributed by atoms with E-state index in [1.54, 1.807) is 32.3 Å². The van der Waals surface area contributed by atoms with Gasteiger partial charge in [0, 0.05) is 18.3 Å². The van der Waals surface area contributed by atoms with E-state index in [-0.39, 0.29) is 5.03 Å². The van der Waals surface area contributed by atoms with E-state index in [9.17, 15) is 13.2 Å². The first-order chi connectivity index (χ1) is 9.00. The van der Waals surface area contributed by atoms with Gasteiger partial charge in [-0.25, -0.2) is 13.4 Å². The third kappa shape index (κ3) is 3.37. The number of hydrogen-bond acceptors (Lipinski definition) is 4. The molecule has 1 heterocycles. The lowest BCUT2D eigenvalue weighted by molar-refractivity contribution is -0.138. The van der Waals surface area contributed by atoms with E-state index in [0.29, 0.717) is 12.4 Å². The summed E-state index contributed by atoms with van der Waals surface area (Å²) in [5.41, 5.74) is -0.846. The number of imidazole rings is 1. The van der Waals surface area contributed by atoms with E-state index >= 15 is 0 Å². The molecule has 20 heavy (non-hydrogen) atoms. The molecule has 0 aliphatic heterocycles. The molecule has 0 fully saturated rings. The lowest BCUT2D eigenvalue weighted by atomic mass is 10.1. The molecule has 0 aromatic carbocycles. The second-order valence-electron chi connectivity index (χ2n) is 5.49. The number of aromatic nitrogens is 2. The smallest absolute Gasteiger partial charge is 0.318 e. The fourth-order valence-corrected chi connectivity index (χ4v) is 3.58. The Balaban J connectivity index is 3.32. The number of carbonyl (C=O) groups is 1. The molecule has 1 aromatic rings. The van der Waals surface area contributed by atoms with Crippen LogP contribution in [0.5, 0.6) is 0 Å². The number of aryl methyl sites for hydroxylation is 2. The van der Waals surface area contributed by atoms with Crippen LogP contribution in [-0.4, -0.2) is 45.4 Å². The zero-order valence-corrected chi connectivity index (χ0v) is 13.2. The minimum absolute atomic E-state index is 0.118. The Morgan fingerprint density at radius 1 is 1.45 bits per heavy atom. The van der Waals surface area contributed by atoms with E-state index in [1.807, 2.05) is 6.92 Å². The van der Waals surface area contributed by atoms with Crippen LogP contribution in [0.15, 0.2) is 11.2 Å². The molecule has 0 aliphatic rings. The summed E-state index contributed by atoms with van der Waals surface area (Å²) < 4.78 is 27.8. The number of rotatable bonds is 5. The standard InChI is InChI=1S/C12H21N3O4S/c1-6-14-7-10(13-9(14)2)20(18,19)15(8-11(16)17)12(3,4)5/h7H,6,8H2,1-5H3,(H,16,17). The maximum absolute atomic E-state index is 12.6. The lowest BCUT2D eigenvalue weighted by Gasteiger charge is -2.32. The molecule has 7 nitrogen and oxygen atoms in total. The van der Waals surface area contributed by atoms with Crippen molar-refractivity contribution in [3.05, 3.63) is 12.0 Å². The van der Waals surface area contributed by atoms with Crippen molar-refractivity contribution in [1.29, 1.82) is 0 Å². The average molecular weight is 303 g/mol. The summed E-state index contributed by atoms with van der Waals surface area (Å²) in [5, 5.41) is 8.81. The van der Waals surface area contributed by atoms with Gasteiger partial charge in [0.25, 0.3) is 10.0 Å². The highest BCUT2D eigenvalue weighted by molar-refractivity contribution is 7.89. The van der Waals surface area contributed by atoms with Gasteiger partial charge in [0.2, 0.25) is 0 Å². The quantitative estimate of drug-likeness (QED) is 0.879. The average Bonchev–Trinajstić information content (AvgIpc) is 2.66. The van der Waals surface area contributed by atoms with E-state index in [4.69, 9.17) is 5.11 Å². The van der Waals surface area contributed by atoms with Crippen molar-refractivity contribution in [3.8, 4) is 0 Å². The second-order valence-corrected chi connectivity index (χ2v) is 7.30. The molecule has 114 valence electrons. The molecular formula is C12H21N3O4S. The van der Waals surface area contributed by atoms with Crippen molar-refractivity contribution >= 4 is 16.0 Å². The number of nitrogens with zero attached hydrogens (tertiary/aromatic N) is 3. The van der Waals surface area contributed by atoms with Crippen LogP contribution in [-0.2, 0) is 21.4 Å². The van der Waals surface area contributed by atoms with Gasteiger partial charge in [0.1, 0.15) is 12.4 Å². The van der Waals surface area contributed by atoms with Gasteiger partial charge in [-0.05, 0) is 34.6 Å². The Labute approximate surface area is 119 Å². The summed E-state index contributed by atoms with van der Waals surface area (Å²) in [5.74, 6) is -0.620. The Bertz CT molecular complexity index is 599. The molecule has 0 bridgehead atoms. The van der Waals surface area contributed by atoms with Crippen LogP contribution in [0.3, 0.4) is 0 Å².